The van der Waals surface area contributed by atoms with Gasteiger partial charge in [0, 0.05) is 24.8 Å². The molecule has 0 radical (unpaired) electrons. The van der Waals surface area contributed by atoms with E-state index in [1.54, 1.807) is 7.11 Å². The van der Waals surface area contributed by atoms with Gasteiger partial charge in [0.2, 0.25) is 18.2 Å². The number of ether oxygens (including phenoxy) is 1. The summed E-state index contributed by atoms with van der Waals surface area (Å²) in [5.74, 6) is 1.90. The number of nitrogens with one attached hydrogen (secondary N) is 1. The highest BCUT2D eigenvalue weighted by molar-refractivity contribution is 6.06. The van der Waals surface area contributed by atoms with Gasteiger partial charge in [-0.05, 0) is 62.1 Å². The molecule has 2 aromatic carbocycles. The van der Waals surface area contributed by atoms with Crippen molar-refractivity contribution >= 4 is 35.7 Å². The first-order valence-electron chi connectivity index (χ1n) is 9.99. The van der Waals surface area contributed by atoms with E-state index >= 15 is 0 Å². The summed E-state index contributed by atoms with van der Waals surface area (Å²) in [6.45, 7) is 6.14. The molecule has 30 heavy (non-hydrogen) atoms. The van der Waals surface area contributed by atoms with Crippen molar-refractivity contribution in [2.45, 2.75) is 33.0 Å². The molecule has 4 rings (SSSR count). The Morgan fingerprint density at radius 2 is 1.83 bits per heavy atom. The number of rotatable bonds is 4. The zero-order chi connectivity index (χ0) is 20.4. The Labute approximate surface area is 184 Å². The van der Waals surface area contributed by atoms with E-state index in [1.807, 2.05) is 24.3 Å². The van der Waals surface area contributed by atoms with Crippen molar-refractivity contribution in [3.05, 3.63) is 53.6 Å². The second-order valence-corrected chi connectivity index (χ2v) is 7.48. The highest BCUT2D eigenvalue weighted by Gasteiger charge is 2.32. The quantitative estimate of drug-likeness (QED) is 0.776. The highest BCUT2D eigenvalue weighted by Crippen LogP contribution is 2.28. The molecule has 0 spiro atoms. The number of halogens is 1. The summed E-state index contributed by atoms with van der Waals surface area (Å²) in [6.07, 6.45) is 1.89. The Morgan fingerprint density at radius 3 is 2.53 bits per heavy atom. The van der Waals surface area contributed by atoms with Crippen LogP contribution in [0.4, 0.5) is 11.4 Å². The summed E-state index contributed by atoms with van der Waals surface area (Å²) < 4.78 is 5.45. The van der Waals surface area contributed by atoms with E-state index in [-0.39, 0.29) is 18.4 Å². The lowest BCUT2D eigenvalue weighted by molar-refractivity contribution is 0.414. The first-order chi connectivity index (χ1) is 14.0. The number of benzene rings is 2. The van der Waals surface area contributed by atoms with Gasteiger partial charge in [-0.15, -0.1) is 12.4 Å². The standard InChI is InChI=1S/C22H28N6O.ClH/c1-15-9-10-17(13-16(15)2)24-21-25-20(23)26-22(27-11-4-5-12-27)28(21)18-7-6-8-19(14-18)29-3;/h6-10,13-14,21,24H,4-5,11-12H2,1-3H3,(H2,23,25);1H. The van der Waals surface area contributed by atoms with Crippen molar-refractivity contribution in [1.29, 1.82) is 0 Å². The van der Waals surface area contributed by atoms with E-state index in [0.717, 1.165) is 49.0 Å². The third-order valence-corrected chi connectivity index (χ3v) is 5.45. The number of aliphatic imine (C=N–C) groups is 2. The third kappa shape index (κ3) is 4.46. The topological polar surface area (TPSA) is 78.5 Å². The third-order valence-electron chi connectivity index (χ3n) is 5.45. The number of methoxy groups -OCH3 is 1. The fourth-order valence-electron chi connectivity index (χ4n) is 3.71. The van der Waals surface area contributed by atoms with Gasteiger partial charge in [0.05, 0.1) is 12.8 Å². The van der Waals surface area contributed by atoms with Crippen LogP contribution in [0.3, 0.4) is 0 Å². The molecule has 0 aromatic heterocycles. The fraction of sp³-hybridized carbons (Fsp3) is 0.364. The van der Waals surface area contributed by atoms with Crippen molar-refractivity contribution in [2.24, 2.45) is 15.7 Å². The Bertz CT molecular complexity index is 954. The molecule has 0 amide bonds. The number of hydrogen-bond donors (Lipinski definition) is 2. The van der Waals surface area contributed by atoms with Crippen LogP contribution in [0.2, 0.25) is 0 Å². The summed E-state index contributed by atoms with van der Waals surface area (Å²) in [5, 5.41) is 3.53. The molecule has 3 N–H and O–H groups in total. The molecule has 0 saturated carbocycles. The van der Waals surface area contributed by atoms with Crippen LogP contribution >= 0.6 is 12.4 Å². The smallest absolute Gasteiger partial charge is 0.222 e. The normalized spacial score (nSPS) is 18.4. The zero-order valence-electron chi connectivity index (χ0n) is 17.6. The first kappa shape index (κ1) is 21.8. The molecule has 2 aliphatic heterocycles. The molecule has 7 nitrogen and oxygen atoms in total. The van der Waals surface area contributed by atoms with Gasteiger partial charge in [-0.25, -0.2) is 4.99 Å². The molecule has 1 unspecified atom stereocenters. The number of hydrogen-bond acceptors (Lipinski definition) is 7. The molecule has 1 fully saturated rings. The Morgan fingerprint density at radius 1 is 1.07 bits per heavy atom. The fourth-order valence-corrected chi connectivity index (χ4v) is 3.71. The van der Waals surface area contributed by atoms with Crippen LogP contribution in [0.15, 0.2) is 52.4 Å². The maximum atomic E-state index is 6.13. The predicted molar refractivity (Wildman–Crippen MR) is 126 cm³/mol. The molecule has 1 atom stereocenters. The van der Waals surface area contributed by atoms with Gasteiger partial charge in [-0.2, -0.15) is 4.99 Å². The summed E-state index contributed by atoms with van der Waals surface area (Å²) in [4.78, 5) is 13.6. The first-order valence-corrected chi connectivity index (χ1v) is 9.99. The van der Waals surface area contributed by atoms with Gasteiger partial charge < -0.3 is 20.7 Å². The van der Waals surface area contributed by atoms with Crippen molar-refractivity contribution in [1.82, 2.24) is 4.90 Å². The van der Waals surface area contributed by atoms with Crippen LogP contribution in [-0.2, 0) is 0 Å². The van der Waals surface area contributed by atoms with Crippen LogP contribution < -0.4 is 20.7 Å². The van der Waals surface area contributed by atoms with E-state index in [2.05, 4.69) is 57.1 Å². The van der Waals surface area contributed by atoms with Gasteiger partial charge in [-0.1, -0.05) is 12.1 Å². The predicted octanol–water partition coefficient (Wildman–Crippen LogP) is 3.72. The number of nitrogens with zero attached hydrogens (tertiary/aromatic N) is 4. The highest BCUT2D eigenvalue weighted by atomic mass is 35.5. The second kappa shape index (κ2) is 9.26. The molecule has 2 heterocycles. The number of guanidine groups is 2. The summed E-state index contributed by atoms with van der Waals surface area (Å²) >= 11 is 0. The molecule has 8 heteroatoms. The Kier molecular flexibility index (Phi) is 6.72. The van der Waals surface area contributed by atoms with E-state index in [9.17, 15) is 0 Å². The lowest BCUT2D eigenvalue weighted by atomic mass is 10.1. The zero-order valence-corrected chi connectivity index (χ0v) is 18.4. The number of anilines is 2. The second-order valence-electron chi connectivity index (χ2n) is 7.48. The maximum absolute atomic E-state index is 6.13. The molecular weight excluding hydrogens is 400 g/mol. The van der Waals surface area contributed by atoms with Gasteiger partial charge in [0.25, 0.3) is 0 Å². The monoisotopic (exact) mass is 428 g/mol. The molecule has 2 aliphatic rings. The lowest BCUT2D eigenvalue weighted by Crippen LogP contribution is -2.54. The Hall–Kier alpha value is -2.93. The van der Waals surface area contributed by atoms with Crippen LogP contribution in [0, 0.1) is 13.8 Å². The molecule has 1 saturated heterocycles. The number of nitrogens with two attached hydrogens (primary N) is 1. The minimum absolute atomic E-state index is 0. The van der Waals surface area contributed by atoms with Crippen molar-refractivity contribution < 1.29 is 4.74 Å². The van der Waals surface area contributed by atoms with Crippen LogP contribution in [0.25, 0.3) is 0 Å². The number of likely N-dealkylation sites (tertiary alicyclic amines) is 1. The number of aryl methyl sites for hydroxylation is 2. The average Bonchev–Trinajstić information content (AvgIpc) is 3.25. The minimum atomic E-state index is -0.405. The van der Waals surface area contributed by atoms with Crippen LogP contribution in [0.5, 0.6) is 5.75 Å². The molecule has 0 aliphatic carbocycles. The van der Waals surface area contributed by atoms with Gasteiger partial charge in [0.15, 0.2) is 0 Å². The van der Waals surface area contributed by atoms with Crippen LogP contribution in [0.1, 0.15) is 24.0 Å². The van der Waals surface area contributed by atoms with Crippen molar-refractivity contribution in [3.8, 4) is 5.75 Å². The molecule has 2 aromatic rings. The molecule has 0 bridgehead atoms. The summed E-state index contributed by atoms with van der Waals surface area (Å²) in [5.41, 5.74) is 10.6. The van der Waals surface area contributed by atoms with Crippen molar-refractivity contribution in [3.63, 3.8) is 0 Å². The van der Waals surface area contributed by atoms with E-state index in [0.29, 0.717) is 0 Å². The van der Waals surface area contributed by atoms with E-state index in [4.69, 9.17) is 10.5 Å². The molecular formula is C22H29ClN6O. The molecule has 160 valence electrons. The summed E-state index contributed by atoms with van der Waals surface area (Å²) in [7, 11) is 1.67. The van der Waals surface area contributed by atoms with Crippen molar-refractivity contribution in [2.75, 3.05) is 30.4 Å². The van der Waals surface area contributed by atoms with E-state index in [1.165, 1.54) is 11.1 Å². The maximum Gasteiger partial charge on any atom is 0.222 e. The van der Waals surface area contributed by atoms with Gasteiger partial charge >= 0.3 is 0 Å². The minimum Gasteiger partial charge on any atom is -0.497 e. The SMILES string of the molecule is COc1cccc(N2C(N3CCCC3)=NC(N)=NC2Nc2ccc(C)c(C)c2)c1.Cl. The van der Waals surface area contributed by atoms with Crippen LogP contribution in [-0.4, -0.2) is 43.3 Å². The average molecular weight is 429 g/mol. The van der Waals surface area contributed by atoms with E-state index < -0.39 is 6.29 Å². The van der Waals surface area contributed by atoms with Gasteiger partial charge in [0.1, 0.15) is 5.75 Å². The lowest BCUT2D eigenvalue weighted by Gasteiger charge is -2.38. The summed E-state index contributed by atoms with van der Waals surface area (Å²) in [6, 6.07) is 14.3. The largest absolute Gasteiger partial charge is 0.497 e. The van der Waals surface area contributed by atoms with Gasteiger partial charge in [-0.3, -0.25) is 4.90 Å². The Balaban J connectivity index is 0.00000256.